The minimum absolute atomic E-state index is 0.0856. The first kappa shape index (κ1) is 10.2. The predicted molar refractivity (Wildman–Crippen MR) is 61.2 cm³/mol. The average Bonchev–Trinajstić information content (AvgIpc) is 2.88. The Morgan fingerprint density at radius 1 is 1.20 bits per heavy atom. The number of allylic oxidation sites excluding steroid dienone is 1. The van der Waals surface area contributed by atoms with Crippen LogP contribution < -0.4 is 0 Å². The van der Waals surface area contributed by atoms with Gasteiger partial charge in [-0.3, -0.25) is 0 Å². The second-order valence-electron chi connectivity index (χ2n) is 4.48. The standard InChI is InChI=1S/C10H10Cl3NO/c11-7(10(12)13)8-6-4-1-2-5(3-4)9(6)15-14-8/h4-6,9H,1-3H2/t4-,5+,6-,9-/m0/s1. The summed E-state index contributed by atoms with van der Waals surface area (Å²) in [6.07, 6.45) is 3.96. The van der Waals surface area contributed by atoms with E-state index in [-0.39, 0.29) is 10.6 Å². The maximum absolute atomic E-state index is 6.03. The van der Waals surface area contributed by atoms with Crippen molar-refractivity contribution in [2.24, 2.45) is 22.9 Å². The van der Waals surface area contributed by atoms with E-state index in [1.807, 2.05) is 0 Å². The van der Waals surface area contributed by atoms with Crippen molar-refractivity contribution in [3.63, 3.8) is 0 Å². The van der Waals surface area contributed by atoms with Crippen molar-refractivity contribution in [2.45, 2.75) is 25.4 Å². The summed E-state index contributed by atoms with van der Waals surface area (Å²) >= 11 is 17.4. The van der Waals surface area contributed by atoms with Gasteiger partial charge in [-0.05, 0) is 31.1 Å². The SMILES string of the molecule is ClC(Cl)=C(Cl)C1=NO[C@H]2[C@@H]3CC[C@@H](C3)[C@@H]12. The molecule has 2 fully saturated rings. The Morgan fingerprint density at radius 2 is 1.93 bits per heavy atom. The fraction of sp³-hybridized carbons (Fsp3) is 0.700. The van der Waals surface area contributed by atoms with Crippen molar-refractivity contribution < 1.29 is 4.84 Å². The van der Waals surface area contributed by atoms with Gasteiger partial charge in [0.25, 0.3) is 0 Å². The van der Waals surface area contributed by atoms with Crippen molar-refractivity contribution in [3.05, 3.63) is 9.52 Å². The van der Waals surface area contributed by atoms with Crippen molar-refractivity contribution >= 4 is 40.5 Å². The highest BCUT2D eigenvalue weighted by atomic mass is 35.5. The summed E-state index contributed by atoms with van der Waals surface area (Å²) in [6.45, 7) is 0. The molecular weight excluding hydrogens is 256 g/mol. The third-order valence-electron chi connectivity index (χ3n) is 3.82. The number of fused-ring (bicyclic) bond motifs is 5. The molecule has 82 valence electrons. The zero-order chi connectivity index (χ0) is 10.6. The van der Waals surface area contributed by atoms with E-state index in [9.17, 15) is 0 Å². The van der Waals surface area contributed by atoms with Gasteiger partial charge in [0, 0.05) is 5.92 Å². The van der Waals surface area contributed by atoms with Gasteiger partial charge >= 0.3 is 0 Å². The normalized spacial score (nSPS) is 41.1. The summed E-state index contributed by atoms with van der Waals surface area (Å²) in [5.74, 6) is 1.63. The fourth-order valence-corrected chi connectivity index (χ4v) is 3.59. The zero-order valence-corrected chi connectivity index (χ0v) is 10.2. The molecule has 4 atom stereocenters. The molecule has 3 rings (SSSR count). The number of hydrogen-bond acceptors (Lipinski definition) is 2. The lowest BCUT2D eigenvalue weighted by molar-refractivity contribution is 0.0275. The van der Waals surface area contributed by atoms with Crippen LogP contribution in [0.1, 0.15) is 19.3 Å². The van der Waals surface area contributed by atoms with Crippen molar-refractivity contribution in [2.75, 3.05) is 0 Å². The smallest absolute Gasteiger partial charge is 0.139 e. The van der Waals surface area contributed by atoms with Crippen LogP contribution in [0.5, 0.6) is 0 Å². The molecule has 2 saturated carbocycles. The van der Waals surface area contributed by atoms with Crippen molar-refractivity contribution in [3.8, 4) is 0 Å². The molecule has 0 spiro atoms. The lowest BCUT2D eigenvalue weighted by Crippen LogP contribution is -2.29. The van der Waals surface area contributed by atoms with E-state index >= 15 is 0 Å². The van der Waals surface area contributed by atoms with Gasteiger partial charge < -0.3 is 4.84 Å². The highest BCUT2D eigenvalue weighted by Gasteiger charge is 2.54. The Hall–Kier alpha value is 0.0800. The molecule has 1 heterocycles. The van der Waals surface area contributed by atoms with Crippen LogP contribution in [0, 0.1) is 17.8 Å². The second-order valence-corrected chi connectivity index (χ2v) is 5.81. The van der Waals surface area contributed by atoms with E-state index in [2.05, 4.69) is 5.16 Å². The summed E-state index contributed by atoms with van der Waals surface area (Å²) in [7, 11) is 0. The second kappa shape index (κ2) is 3.54. The van der Waals surface area contributed by atoms with Crippen LogP contribution in [0.15, 0.2) is 14.7 Å². The number of hydrogen-bond donors (Lipinski definition) is 0. The quantitative estimate of drug-likeness (QED) is 0.709. The van der Waals surface area contributed by atoms with Crippen LogP contribution in [-0.2, 0) is 4.84 Å². The molecule has 2 nitrogen and oxygen atoms in total. The summed E-state index contributed by atoms with van der Waals surface area (Å²) in [6, 6.07) is 0. The molecule has 2 bridgehead atoms. The summed E-state index contributed by atoms with van der Waals surface area (Å²) < 4.78 is 0.0856. The lowest BCUT2D eigenvalue weighted by Gasteiger charge is -2.22. The van der Waals surface area contributed by atoms with Crippen molar-refractivity contribution in [1.82, 2.24) is 0 Å². The molecule has 0 N–H and O–H groups in total. The van der Waals surface area contributed by atoms with Gasteiger partial charge in [0.1, 0.15) is 16.3 Å². The lowest BCUT2D eigenvalue weighted by atomic mass is 9.83. The van der Waals surface area contributed by atoms with E-state index in [0.717, 1.165) is 5.71 Å². The van der Waals surface area contributed by atoms with E-state index in [1.165, 1.54) is 19.3 Å². The van der Waals surface area contributed by atoms with E-state index in [1.54, 1.807) is 0 Å². The maximum atomic E-state index is 6.03. The largest absolute Gasteiger partial charge is 0.391 e. The zero-order valence-electron chi connectivity index (χ0n) is 7.92. The minimum Gasteiger partial charge on any atom is -0.391 e. The molecule has 0 aromatic carbocycles. The van der Waals surface area contributed by atoms with Gasteiger partial charge in [-0.25, -0.2) is 0 Å². The Bertz CT molecular complexity index is 362. The molecule has 15 heavy (non-hydrogen) atoms. The fourth-order valence-electron chi connectivity index (χ4n) is 3.23. The van der Waals surface area contributed by atoms with Crippen LogP contribution in [0.3, 0.4) is 0 Å². The maximum Gasteiger partial charge on any atom is 0.139 e. The Kier molecular flexibility index (Phi) is 2.42. The van der Waals surface area contributed by atoms with Crippen LogP contribution in [0.2, 0.25) is 0 Å². The Morgan fingerprint density at radius 3 is 2.67 bits per heavy atom. The molecule has 0 aromatic rings. The monoisotopic (exact) mass is 265 g/mol. The van der Waals surface area contributed by atoms with Gasteiger partial charge in [0.15, 0.2) is 0 Å². The third kappa shape index (κ3) is 1.42. The number of nitrogens with zero attached hydrogens (tertiary/aromatic N) is 1. The van der Waals surface area contributed by atoms with Crippen LogP contribution in [0.4, 0.5) is 0 Å². The Balaban J connectivity index is 1.92. The van der Waals surface area contributed by atoms with Gasteiger partial charge in [-0.2, -0.15) is 0 Å². The average molecular weight is 267 g/mol. The molecular formula is C10H10Cl3NO. The van der Waals surface area contributed by atoms with E-state index in [0.29, 0.717) is 22.8 Å². The predicted octanol–water partition coefficient (Wildman–Crippen LogP) is 3.67. The first-order chi connectivity index (χ1) is 7.18. The number of rotatable bonds is 1. The topological polar surface area (TPSA) is 21.6 Å². The molecule has 1 aliphatic heterocycles. The molecule has 0 amide bonds. The number of oxime groups is 1. The molecule has 0 unspecified atom stereocenters. The first-order valence-corrected chi connectivity index (χ1v) is 6.26. The van der Waals surface area contributed by atoms with Gasteiger partial charge in [-0.15, -0.1) is 0 Å². The van der Waals surface area contributed by atoms with Crippen LogP contribution in [-0.4, -0.2) is 11.8 Å². The Labute approximate surface area is 103 Å². The summed E-state index contributed by atoms with van der Waals surface area (Å²) in [4.78, 5) is 5.45. The summed E-state index contributed by atoms with van der Waals surface area (Å²) in [5.41, 5.74) is 0.758. The molecule has 5 heteroatoms. The minimum atomic E-state index is 0.0856. The van der Waals surface area contributed by atoms with E-state index < -0.39 is 0 Å². The van der Waals surface area contributed by atoms with Crippen LogP contribution >= 0.6 is 34.8 Å². The van der Waals surface area contributed by atoms with Gasteiger partial charge in [0.05, 0.1) is 5.03 Å². The van der Waals surface area contributed by atoms with E-state index in [4.69, 9.17) is 39.6 Å². The highest BCUT2D eigenvalue weighted by molar-refractivity contribution is 6.63. The van der Waals surface area contributed by atoms with Gasteiger partial charge in [-0.1, -0.05) is 40.0 Å². The van der Waals surface area contributed by atoms with Crippen molar-refractivity contribution in [1.29, 1.82) is 0 Å². The number of halogens is 3. The highest BCUT2D eigenvalue weighted by Crippen LogP contribution is 2.53. The molecule has 2 aliphatic carbocycles. The summed E-state index contributed by atoms with van der Waals surface area (Å²) in [5, 5.41) is 4.40. The van der Waals surface area contributed by atoms with Crippen LogP contribution in [0.25, 0.3) is 0 Å². The molecule has 0 radical (unpaired) electrons. The van der Waals surface area contributed by atoms with Gasteiger partial charge in [0.2, 0.25) is 0 Å². The molecule has 0 aromatic heterocycles. The molecule has 3 aliphatic rings. The first-order valence-electron chi connectivity index (χ1n) is 5.13. The molecule has 0 saturated heterocycles. The third-order valence-corrected chi connectivity index (χ3v) is 4.77.